The quantitative estimate of drug-likeness (QED) is 0.709. The van der Waals surface area contributed by atoms with Gasteiger partial charge >= 0.3 is 0 Å². The summed E-state index contributed by atoms with van der Waals surface area (Å²) in [6.45, 7) is 2.64. The van der Waals surface area contributed by atoms with Crippen LogP contribution in [0.4, 0.5) is 0 Å². The summed E-state index contributed by atoms with van der Waals surface area (Å²) in [5.74, 6) is 0.862. The number of nitriles is 1. The van der Waals surface area contributed by atoms with Crippen LogP contribution < -0.4 is 4.74 Å². The minimum atomic E-state index is 0.382. The van der Waals surface area contributed by atoms with Crippen molar-refractivity contribution in [1.29, 1.82) is 5.26 Å². The molecule has 3 aromatic rings. The van der Waals surface area contributed by atoms with Crippen molar-refractivity contribution in [2.75, 3.05) is 6.61 Å². The average Bonchev–Trinajstić information content (AvgIpc) is 3.13. The first-order valence-electron chi connectivity index (χ1n) is 8.44. The van der Waals surface area contributed by atoms with Gasteiger partial charge in [-0.2, -0.15) is 5.26 Å². The fourth-order valence-electron chi connectivity index (χ4n) is 3.44. The molecule has 4 nitrogen and oxygen atoms in total. The summed E-state index contributed by atoms with van der Waals surface area (Å²) in [4.78, 5) is 7.34. The first kappa shape index (κ1) is 15.2. The first-order valence-corrected chi connectivity index (χ1v) is 9.25. The molecular weight excluding hydrogens is 318 g/mol. The fraction of sp³-hybridized carbons (Fsp3) is 0.368. The summed E-state index contributed by atoms with van der Waals surface area (Å²) in [6, 6.07) is 10.3. The Hall–Kier alpha value is -2.32. The van der Waals surface area contributed by atoms with Gasteiger partial charge in [0.15, 0.2) is 4.96 Å². The van der Waals surface area contributed by atoms with E-state index in [0.717, 1.165) is 40.5 Å². The summed E-state index contributed by atoms with van der Waals surface area (Å²) < 4.78 is 7.76. The Labute approximate surface area is 145 Å². The lowest BCUT2D eigenvalue weighted by atomic mass is 10.0. The largest absolute Gasteiger partial charge is 0.494 e. The Morgan fingerprint density at radius 1 is 1.25 bits per heavy atom. The molecule has 5 heteroatoms. The number of nitrogens with zero attached hydrogens (tertiary/aromatic N) is 3. The highest BCUT2D eigenvalue weighted by Crippen LogP contribution is 2.35. The van der Waals surface area contributed by atoms with Crippen LogP contribution in [-0.4, -0.2) is 16.0 Å². The third-order valence-electron chi connectivity index (χ3n) is 4.50. The maximum atomic E-state index is 9.32. The third-order valence-corrected chi connectivity index (χ3v) is 5.64. The number of imidazole rings is 1. The van der Waals surface area contributed by atoms with Crippen molar-refractivity contribution >= 4 is 16.3 Å². The second kappa shape index (κ2) is 6.29. The number of aryl methyl sites for hydroxylation is 2. The Kier molecular flexibility index (Phi) is 3.99. The lowest BCUT2D eigenvalue weighted by Gasteiger charge is -2.12. The van der Waals surface area contributed by atoms with E-state index in [4.69, 9.17) is 9.72 Å². The zero-order valence-electron chi connectivity index (χ0n) is 13.7. The van der Waals surface area contributed by atoms with Crippen molar-refractivity contribution in [3.8, 4) is 23.1 Å². The minimum Gasteiger partial charge on any atom is -0.494 e. The fourth-order valence-corrected chi connectivity index (χ4v) is 4.67. The van der Waals surface area contributed by atoms with Crippen molar-refractivity contribution in [1.82, 2.24) is 9.38 Å². The zero-order valence-corrected chi connectivity index (χ0v) is 14.5. The molecule has 2 aromatic heterocycles. The highest BCUT2D eigenvalue weighted by molar-refractivity contribution is 7.17. The lowest BCUT2D eigenvalue weighted by molar-refractivity contribution is 0.340. The van der Waals surface area contributed by atoms with Crippen molar-refractivity contribution in [2.24, 2.45) is 0 Å². The Morgan fingerprint density at radius 2 is 2.04 bits per heavy atom. The van der Waals surface area contributed by atoms with Crippen molar-refractivity contribution < 1.29 is 4.74 Å². The van der Waals surface area contributed by atoms with Gasteiger partial charge in [-0.1, -0.05) is 0 Å². The standard InChI is InChI=1S/C19H19N3OS/c1-2-23-14-9-7-13(8-10-14)18-16(11-12-20)22-15-5-3-4-6-17(15)24-19(22)21-18/h7-10H,2-6,11H2,1H3. The molecule has 0 saturated heterocycles. The zero-order chi connectivity index (χ0) is 16.5. The number of benzene rings is 1. The van der Waals surface area contributed by atoms with E-state index in [1.807, 2.05) is 31.2 Å². The molecule has 0 amide bonds. The monoisotopic (exact) mass is 337 g/mol. The number of hydrogen-bond acceptors (Lipinski definition) is 4. The lowest BCUT2D eigenvalue weighted by Crippen LogP contribution is -2.05. The molecule has 0 atom stereocenters. The molecule has 1 aliphatic carbocycles. The predicted octanol–water partition coefficient (Wildman–Crippen LogP) is 4.41. The molecule has 0 radical (unpaired) electrons. The molecule has 1 aliphatic rings. The van der Waals surface area contributed by atoms with Crippen molar-refractivity contribution in [2.45, 2.75) is 39.0 Å². The van der Waals surface area contributed by atoms with Crippen molar-refractivity contribution in [3.05, 3.63) is 40.5 Å². The summed E-state index contributed by atoms with van der Waals surface area (Å²) in [7, 11) is 0. The van der Waals surface area contributed by atoms with Gasteiger partial charge < -0.3 is 4.74 Å². The summed E-state index contributed by atoms with van der Waals surface area (Å²) in [5.41, 5.74) is 4.37. The van der Waals surface area contributed by atoms with Crippen LogP contribution >= 0.6 is 11.3 Å². The van der Waals surface area contributed by atoms with E-state index in [1.165, 1.54) is 23.4 Å². The van der Waals surface area contributed by atoms with Crippen LogP contribution in [0.2, 0.25) is 0 Å². The van der Waals surface area contributed by atoms with Crippen LogP contribution in [-0.2, 0) is 19.3 Å². The normalized spacial score (nSPS) is 13.7. The van der Waals surface area contributed by atoms with E-state index in [9.17, 15) is 5.26 Å². The molecule has 0 saturated carbocycles. The van der Waals surface area contributed by atoms with Gasteiger partial charge in [0.25, 0.3) is 0 Å². The van der Waals surface area contributed by atoms with Gasteiger partial charge in [-0.25, -0.2) is 4.98 Å². The van der Waals surface area contributed by atoms with Crippen LogP contribution in [0, 0.1) is 11.3 Å². The predicted molar refractivity (Wildman–Crippen MR) is 95.6 cm³/mol. The smallest absolute Gasteiger partial charge is 0.194 e. The van der Waals surface area contributed by atoms with Gasteiger partial charge in [-0.15, -0.1) is 11.3 Å². The average molecular weight is 337 g/mol. The molecule has 0 unspecified atom stereocenters. The number of ether oxygens (including phenoxy) is 1. The van der Waals surface area contributed by atoms with Crippen LogP contribution in [0.5, 0.6) is 5.75 Å². The number of thiazole rings is 1. The molecule has 24 heavy (non-hydrogen) atoms. The maximum absolute atomic E-state index is 9.32. The summed E-state index contributed by atoms with van der Waals surface area (Å²) >= 11 is 1.78. The Morgan fingerprint density at radius 3 is 2.79 bits per heavy atom. The van der Waals surface area contributed by atoms with Gasteiger partial charge in [-0.3, -0.25) is 4.40 Å². The molecule has 0 aliphatic heterocycles. The topological polar surface area (TPSA) is 50.3 Å². The van der Waals surface area contributed by atoms with E-state index in [1.54, 1.807) is 11.3 Å². The minimum absolute atomic E-state index is 0.382. The van der Waals surface area contributed by atoms with Gasteiger partial charge in [0.1, 0.15) is 5.75 Å². The van der Waals surface area contributed by atoms with E-state index in [-0.39, 0.29) is 0 Å². The molecule has 1 aromatic carbocycles. The highest BCUT2D eigenvalue weighted by Gasteiger charge is 2.23. The van der Waals surface area contributed by atoms with Gasteiger partial charge in [0, 0.05) is 16.1 Å². The van der Waals surface area contributed by atoms with Crippen LogP contribution in [0.3, 0.4) is 0 Å². The molecule has 4 rings (SSSR count). The second-order valence-corrected chi connectivity index (χ2v) is 7.06. The molecule has 0 spiro atoms. The number of aromatic nitrogens is 2. The van der Waals surface area contributed by atoms with E-state index in [2.05, 4.69) is 10.5 Å². The molecule has 0 fully saturated rings. The third kappa shape index (κ3) is 2.47. The molecule has 122 valence electrons. The first-order chi connectivity index (χ1) is 11.8. The maximum Gasteiger partial charge on any atom is 0.194 e. The van der Waals surface area contributed by atoms with Gasteiger partial charge in [-0.05, 0) is 56.9 Å². The number of fused-ring (bicyclic) bond motifs is 3. The Balaban J connectivity index is 1.84. The van der Waals surface area contributed by atoms with Gasteiger partial charge in [0.05, 0.1) is 30.5 Å². The number of hydrogen-bond donors (Lipinski definition) is 0. The second-order valence-electron chi connectivity index (χ2n) is 6.00. The molecule has 0 bridgehead atoms. The molecular formula is C19H19N3OS. The SMILES string of the molecule is CCOc1ccc(-c2nc3sc4c(n3c2CC#N)CCCC4)cc1. The van der Waals surface area contributed by atoms with E-state index >= 15 is 0 Å². The van der Waals surface area contributed by atoms with Crippen LogP contribution in [0.1, 0.15) is 36.0 Å². The number of rotatable bonds is 4. The molecule has 0 N–H and O–H groups in total. The Bertz CT molecular complexity index is 915. The van der Waals surface area contributed by atoms with Gasteiger partial charge in [0.2, 0.25) is 0 Å². The summed E-state index contributed by atoms with van der Waals surface area (Å²) in [6.07, 6.45) is 5.10. The van der Waals surface area contributed by atoms with Crippen LogP contribution in [0.15, 0.2) is 24.3 Å². The van der Waals surface area contributed by atoms with Crippen LogP contribution in [0.25, 0.3) is 16.2 Å². The van der Waals surface area contributed by atoms with E-state index < -0.39 is 0 Å². The molecule has 2 heterocycles. The highest BCUT2D eigenvalue weighted by atomic mass is 32.1. The van der Waals surface area contributed by atoms with Crippen molar-refractivity contribution in [3.63, 3.8) is 0 Å². The van der Waals surface area contributed by atoms with E-state index in [0.29, 0.717) is 13.0 Å². The summed E-state index contributed by atoms with van der Waals surface area (Å²) in [5, 5.41) is 9.32.